The molecule has 7 nitrogen and oxygen atoms in total. The largest absolute Gasteiger partial charge is 0.496 e. The highest BCUT2D eigenvalue weighted by Gasteiger charge is 2.28. The second kappa shape index (κ2) is 10.8. The van der Waals surface area contributed by atoms with Gasteiger partial charge in [-0.2, -0.15) is 4.31 Å². The Morgan fingerprint density at radius 1 is 0.943 bits per heavy atom. The fourth-order valence-corrected chi connectivity index (χ4v) is 5.75. The molecular weight excluding hydrogens is 464 g/mol. The second-order valence-corrected chi connectivity index (χ2v) is 10.3. The van der Waals surface area contributed by atoms with Crippen LogP contribution in [0.3, 0.4) is 0 Å². The minimum Gasteiger partial charge on any atom is -0.496 e. The Morgan fingerprint density at radius 2 is 1.63 bits per heavy atom. The highest BCUT2D eigenvalue weighted by molar-refractivity contribution is 7.89. The summed E-state index contributed by atoms with van der Waals surface area (Å²) in [4.78, 5) is 25.9. The standard InChI is InChI=1S/C27H28N2O5S/c1-34-25-15-14-22(35(32,33)29-17-7-8-18-29)19-21(25)13-16-26(30)28-24-12-6-5-11-23(24)27(31)20-9-3-2-4-10-20/h2-6,9-12,14-15,19H,7-8,13,16-18H2,1H3,(H,28,30). The molecule has 1 saturated heterocycles. The summed E-state index contributed by atoms with van der Waals surface area (Å²) in [5, 5.41) is 2.83. The summed E-state index contributed by atoms with van der Waals surface area (Å²) in [7, 11) is -2.06. The molecule has 1 N–H and O–H groups in total. The van der Waals surface area contributed by atoms with Gasteiger partial charge in [0.15, 0.2) is 5.78 Å². The number of hydrogen-bond acceptors (Lipinski definition) is 5. The van der Waals surface area contributed by atoms with Crippen molar-refractivity contribution in [1.29, 1.82) is 0 Å². The number of nitrogens with zero attached hydrogens (tertiary/aromatic N) is 1. The van der Waals surface area contributed by atoms with E-state index in [1.165, 1.54) is 11.4 Å². The maximum Gasteiger partial charge on any atom is 0.243 e. The quantitative estimate of drug-likeness (QED) is 0.450. The van der Waals surface area contributed by atoms with E-state index in [9.17, 15) is 18.0 Å². The lowest BCUT2D eigenvalue weighted by atomic mass is 10.0. The first-order chi connectivity index (χ1) is 16.9. The van der Waals surface area contributed by atoms with Crippen LogP contribution in [0.25, 0.3) is 0 Å². The van der Waals surface area contributed by atoms with Gasteiger partial charge in [-0.3, -0.25) is 9.59 Å². The molecule has 0 aromatic heterocycles. The molecule has 35 heavy (non-hydrogen) atoms. The van der Waals surface area contributed by atoms with Crippen LogP contribution in [0, 0.1) is 0 Å². The molecule has 0 aliphatic carbocycles. The summed E-state index contributed by atoms with van der Waals surface area (Å²) in [6, 6.07) is 20.5. The van der Waals surface area contributed by atoms with Crippen LogP contribution in [0.4, 0.5) is 5.69 Å². The Kier molecular flexibility index (Phi) is 7.63. The Morgan fingerprint density at radius 3 is 2.34 bits per heavy atom. The van der Waals surface area contributed by atoms with Gasteiger partial charge in [0.25, 0.3) is 0 Å². The van der Waals surface area contributed by atoms with Crippen molar-refractivity contribution in [3.05, 3.63) is 89.5 Å². The van der Waals surface area contributed by atoms with Crippen molar-refractivity contribution in [1.82, 2.24) is 4.31 Å². The number of anilines is 1. The van der Waals surface area contributed by atoms with Gasteiger partial charge in [-0.15, -0.1) is 0 Å². The molecule has 0 atom stereocenters. The van der Waals surface area contributed by atoms with Gasteiger partial charge in [-0.1, -0.05) is 42.5 Å². The number of carbonyl (C=O) groups is 2. The van der Waals surface area contributed by atoms with Crippen LogP contribution in [0.2, 0.25) is 0 Å². The van der Waals surface area contributed by atoms with Crippen molar-refractivity contribution in [2.45, 2.75) is 30.6 Å². The van der Waals surface area contributed by atoms with Crippen molar-refractivity contribution in [3.63, 3.8) is 0 Å². The minimum absolute atomic E-state index is 0.0947. The van der Waals surface area contributed by atoms with Crippen molar-refractivity contribution >= 4 is 27.4 Å². The number of para-hydroxylation sites is 1. The third-order valence-corrected chi connectivity index (χ3v) is 7.95. The zero-order chi connectivity index (χ0) is 24.8. The molecule has 1 amide bonds. The van der Waals surface area contributed by atoms with E-state index in [2.05, 4.69) is 5.32 Å². The zero-order valence-corrected chi connectivity index (χ0v) is 20.4. The Labute approximate surface area is 205 Å². The molecule has 0 radical (unpaired) electrons. The molecule has 3 aromatic rings. The number of rotatable bonds is 9. The van der Waals surface area contributed by atoms with Crippen molar-refractivity contribution in [2.75, 3.05) is 25.5 Å². The number of ketones is 1. The molecule has 182 valence electrons. The van der Waals surface area contributed by atoms with Gasteiger partial charge in [0.1, 0.15) is 5.75 Å². The van der Waals surface area contributed by atoms with E-state index in [1.54, 1.807) is 66.7 Å². The Hall–Kier alpha value is -3.49. The lowest BCUT2D eigenvalue weighted by Crippen LogP contribution is -2.28. The molecule has 0 spiro atoms. The number of methoxy groups -OCH3 is 1. The number of nitrogens with one attached hydrogen (secondary N) is 1. The fraction of sp³-hybridized carbons (Fsp3) is 0.259. The molecule has 1 aliphatic heterocycles. The molecule has 0 bridgehead atoms. The second-order valence-electron chi connectivity index (χ2n) is 8.37. The summed E-state index contributed by atoms with van der Waals surface area (Å²) in [6.07, 6.45) is 2.10. The van der Waals surface area contributed by atoms with E-state index in [0.29, 0.717) is 41.2 Å². The number of ether oxygens (including phenoxy) is 1. The van der Waals surface area contributed by atoms with E-state index in [-0.39, 0.29) is 29.4 Å². The number of hydrogen-bond donors (Lipinski definition) is 1. The summed E-state index contributed by atoms with van der Waals surface area (Å²) < 4.78 is 32.8. The maximum atomic E-state index is 13.0. The summed E-state index contributed by atoms with van der Waals surface area (Å²) >= 11 is 0. The van der Waals surface area contributed by atoms with Crippen LogP contribution >= 0.6 is 0 Å². The number of amides is 1. The molecule has 1 aliphatic rings. The highest BCUT2D eigenvalue weighted by atomic mass is 32.2. The predicted octanol–water partition coefficient (Wildman–Crippen LogP) is 4.28. The van der Waals surface area contributed by atoms with Gasteiger partial charge in [0.2, 0.25) is 15.9 Å². The predicted molar refractivity (Wildman–Crippen MR) is 134 cm³/mol. The molecule has 1 fully saturated rings. The van der Waals surface area contributed by atoms with E-state index in [0.717, 1.165) is 12.8 Å². The molecule has 8 heteroatoms. The monoisotopic (exact) mass is 492 g/mol. The topological polar surface area (TPSA) is 92.8 Å². The lowest BCUT2D eigenvalue weighted by Gasteiger charge is -2.17. The van der Waals surface area contributed by atoms with Crippen LogP contribution in [0.15, 0.2) is 77.7 Å². The van der Waals surface area contributed by atoms with Crippen LogP contribution in [0.5, 0.6) is 5.75 Å². The minimum atomic E-state index is -3.58. The van der Waals surface area contributed by atoms with Gasteiger partial charge in [0.05, 0.1) is 17.7 Å². The number of benzene rings is 3. The molecular formula is C27H28N2O5S. The highest BCUT2D eigenvalue weighted by Crippen LogP contribution is 2.28. The first kappa shape index (κ1) is 24.6. The lowest BCUT2D eigenvalue weighted by molar-refractivity contribution is -0.116. The van der Waals surface area contributed by atoms with Gasteiger partial charge < -0.3 is 10.1 Å². The fourth-order valence-electron chi connectivity index (χ4n) is 4.18. The van der Waals surface area contributed by atoms with Crippen LogP contribution < -0.4 is 10.1 Å². The average Bonchev–Trinajstić information content (AvgIpc) is 3.44. The van der Waals surface area contributed by atoms with Gasteiger partial charge in [-0.05, 0) is 55.2 Å². The molecule has 1 heterocycles. The van der Waals surface area contributed by atoms with Crippen molar-refractivity contribution in [2.24, 2.45) is 0 Å². The number of sulfonamides is 1. The average molecular weight is 493 g/mol. The van der Waals surface area contributed by atoms with Gasteiger partial charge >= 0.3 is 0 Å². The van der Waals surface area contributed by atoms with E-state index in [1.807, 2.05) is 6.07 Å². The van der Waals surface area contributed by atoms with Gasteiger partial charge in [-0.25, -0.2) is 8.42 Å². The Bertz CT molecular complexity index is 1320. The summed E-state index contributed by atoms with van der Waals surface area (Å²) in [5.74, 6) is 0.0639. The third-order valence-electron chi connectivity index (χ3n) is 6.06. The van der Waals surface area contributed by atoms with E-state index in [4.69, 9.17) is 4.74 Å². The molecule has 3 aromatic carbocycles. The maximum absolute atomic E-state index is 13.0. The molecule has 0 saturated carbocycles. The normalized spacial score (nSPS) is 14.0. The first-order valence-corrected chi connectivity index (χ1v) is 13.0. The summed E-state index contributed by atoms with van der Waals surface area (Å²) in [6.45, 7) is 1.04. The van der Waals surface area contributed by atoms with Crippen LogP contribution in [0.1, 0.15) is 40.7 Å². The van der Waals surface area contributed by atoms with Crippen molar-refractivity contribution < 1.29 is 22.7 Å². The van der Waals surface area contributed by atoms with E-state index >= 15 is 0 Å². The molecule has 4 rings (SSSR count). The smallest absolute Gasteiger partial charge is 0.243 e. The van der Waals surface area contributed by atoms with Crippen LogP contribution in [-0.4, -0.2) is 44.6 Å². The van der Waals surface area contributed by atoms with E-state index < -0.39 is 10.0 Å². The Balaban J connectivity index is 1.48. The third kappa shape index (κ3) is 5.61. The number of carbonyl (C=O) groups excluding carboxylic acids is 2. The molecule has 0 unspecified atom stereocenters. The summed E-state index contributed by atoms with van der Waals surface area (Å²) in [5.41, 5.74) is 2.01. The van der Waals surface area contributed by atoms with Gasteiger partial charge in [0, 0.05) is 30.6 Å². The van der Waals surface area contributed by atoms with Crippen LogP contribution in [-0.2, 0) is 21.2 Å². The zero-order valence-electron chi connectivity index (χ0n) is 19.6. The first-order valence-electron chi connectivity index (χ1n) is 11.6. The number of aryl methyl sites for hydroxylation is 1. The van der Waals surface area contributed by atoms with Crippen molar-refractivity contribution in [3.8, 4) is 5.75 Å². The SMILES string of the molecule is COc1ccc(S(=O)(=O)N2CCCC2)cc1CCC(=O)Nc1ccccc1C(=O)c1ccccc1.